The van der Waals surface area contributed by atoms with E-state index < -0.39 is 0 Å². The highest BCUT2D eigenvalue weighted by Crippen LogP contribution is 2.01. The summed E-state index contributed by atoms with van der Waals surface area (Å²) < 4.78 is 0. The number of rotatable bonds is 7. The van der Waals surface area contributed by atoms with Crippen molar-refractivity contribution in [1.82, 2.24) is 20.8 Å². The molecule has 0 aliphatic rings. The molecule has 0 spiro atoms. The minimum Gasteiger partial charge on any atom is -0.360 e. The minimum atomic E-state index is -0.263. The number of anilines is 1. The van der Waals surface area contributed by atoms with E-state index in [2.05, 4.69) is 26.1 Å². The molecule has 7 nitrogen and oxygen atoms in total. The molecule has 7 heteroatoms. The molecule has 0 saturated carbocycles. The second kappa shape index (κ2) is 8.08. The number of amides is 2. The van der Waals surface area contributed by atoms with Crippen LogP contribution in [0.2, 0.25) is 0 Å². The van der Waals surface area contributed by atoms with E-state index in [1.165, 1.54) is 0 Å². The molecule has 1 rings (SSSR count). The van der Waals surface area contributed by atoms with E-state index in [0.717, 1.165) is 0 Å². The summed E-state index contributed by atoms with van der Waals surface area (Å²) in [5, 5.41) is 15.9. The molecular weight excluding hydrogens is 258 g/mol. The lowest BCUT2D eigenvalue weighted by atomic mass is 10.2. The molecule has 0 saturated heterocycles. The van der Waals surface area contributed by atoms with Crippen LogP contribution in [0.5, 0.6) is 0 Å². The highest BCUT2D eigenvalue weighted by atomic mass is 16.2. The van der Waals surface area contributed by atoms with Crippen LogP contribution in [0.25, 0.3) is 0 Å². The zero-order valence-electron chi connectivity index (χ0n) is 12.1. The first-order valence-electron chi connectivity index (χ1n) is 6.65. The van der Waals surface area contributed by atoms with Gasteiger partial charge in [-0.15, -0.1) is 10.2 Å². The molecule has 0 aromatic carbocycles. The Kier molecular flexibility index (Phi) is 6.42. The smallest absolute Gasteiger partial charge is 0.271 e. The van der Waals surface area contributed by atoms with Crippen molar-refractivity contribution in [3.05, 3.63) is 17.8 Å². The molecule has 110 valence electrons. The number of nitrogens with zero attached hydrogens (tertiary/aromatic N) is 2. The number of nitrogens with one attached hydrogen (secondary N) is 3. The maximum atomic E-state index is 11.5. The molecule has 2 amide bonds. The van der Waals surface area contributed by atoms with Gasteiger partial charge in [0.2, 0.25) is 5.91 Å². The third kappa shape index (κ3) is 5.64. The molecule has 0 aliphatic carbocycles. The van der Waals surface area contributed by atoms with Crippen molar-refractivity contribution in [1.29, 1.82) is 0 Å². The first-order chi connectivity index (χ1) is 9.52. The third-order valence-corrected chi connectivity index (χ3v) is 2.37. The van der Waals surface area contributed by atoms with Crippen molar-refractivity contribution in [3.8, 4) is 0 Å². The number of carbonyl (C=O) groups excluding carboxylic acids is 2. The molecule has 0 fully saturated rings. The van der Waals surface area contributed by atoms with Gasteiger partial charge in [0.15, 0.2) is 5.69 Å². The number of aromatic nitrogens is 2. The summed E-state index contributed by atoms with van der Waals surface area (Å²) in [6, 6.07) is 3.18. The van der Waals surface area contributed by atoms with Crippen LogP contribution in [-0.2, 0) is 4.79 Å². The molecular formula is C13H21N5O2. The van der Waals surface area contributed by atoms with Gasteiger partial charge in [-0.2, -0.15) is 0 Å². The van der Waals surface area contributed by atoms with Gasteiger partial charge in [-0.25, -0.2) is 0 Å². The van der Waals surface area contributed by atoms with Gasteiger partial charge >= 0.3 is 0 Å². The maximum absolute atomic E-state index is 11.5. The van der Waals surface area contributed by atoms with Gasteiger partial charge in [-0.1, -0.05) is 13.8 Å². The molecule has 20 heavy (non-hydrogen) atoms. The standard InChI is InChI=1S/C13H21N5O2/c1-4-14-13(20)10-5-6-11(18-17-10)15-8-12(19)16-7-9(2)3/h5-6,9H,4,7-8H2,1-3H3,(H,14,20)(H,15,18)(H,16,19). The Balaban J connectivity index is 2.42. The molecule has 3 N–H and O–H groups in total. The topological polar surface area (TPSA) is 96.0 Å². The Morgan fingerprint density at radius 1 is 1.20 bits per heavy atom. The van der Waals surface area contributed by atoms with E-state index in [9.17, 15) is 9.59 Å². The van der Waals surface area contributed by atoms with Crippen molar-refractivity contribution in [2.24, 2.45) is 5.92 Å². The van der Waals surface area contributed by atoms with Crippen LogP contribution in [0.1, 0.15) is 31.3 Å². The van der Waals surface area contributed by atoms with Crippen molar-refractivity contribution in [3.63, 3.8) is 0 Å². The van der Waals surface area contributed by atoms with Crippen molar-refractivity contribution in [2.75, 3.05) is 25.0 Å². The van der Waals surface area contributed by atoms with E-state index in [1.54, 1.807) is 12.1 Å². The van der Waals surface area contributed by atoms with E-state index >= 15 is 0 Å². The minimum absolute atomic E-state index is 0.103. The molecule has 1 heterocycles. The van der Waals surface area contributed by atoms with E-state index in [4.69, 9.17) is 0 Å². The Hall–Kier alpha value is -2.18. The fourth-order valence-electron chi connectivity index (χ4n) is 1.35. The van der Waals surface area contributed by atoms with Crippen LogP contribution in [0.4, 0.5) is 5.82 Å². The van der Waals surface area contributed by atoms with E-state index in [0.29, 0.717) is 24.8 Å². The number of hydrogen-bond donors (Lipinski definition) is 3. The van der Waals surface area contributed by atoms with Gasteiger partial charge in [-0.05, 0) is 25.0 Å². The molecule has 0 aliphatic heterocycles. The van der Waals surface area contributed by atoms with Crippen LogP contribution in [-0.4, -0.2) is 41.6 Å². The van der Waals surface area contributed by atoms with Gasteiger partial charge in [0, 0.05) is 13.1 Å². The van der Waals surface area contributed by atoms with Gasteiger partial charge in [-0.3, -0.25) is 9.59 Å². The molecule has 0 atom stereocenters. The van der Waals surface area contributed by atoms with E-state index in [-0.39, 0.29) is 24.1 Å². The first kappa shape index (κ1) is 15.9. The van der Waals surface area contributed by atoms with Crippen LogP contribution < -0.4 is 16.0 Å². The van der Waals surface area contributed by atoms with Crippen LogP contribution in [0.15, 0.2) is 12.1 Å². The Labute approximate surface area is 118 Å². The van der Waals surface area contributed by atoms with Crippen LogP contribution in [0.3, 0.4) is 0 Å². The predicted octanol–water partition coefficient (Wildman–Crippen LogP) is 0.410. The Morgan fingerprint density at radius 2 is 1.95 bits per heavy atom. The predicted molar refractivity (Wildman–Crippen MR) is 76.4 cm³/mol. The fourth-order valence-corrected chi connectivity index (χ4v) is 1.35. The summed E-state index contributed by atoms with van der Waals surface area (Å²) in [5.41, 5.74) is 0.252. The molecule has 1 aromatic heterocycles. The van der Waals surface area contributed by atoms with Gasteiger partial charge in [0.25, 0.3) is 5.91 Å². The van der Waals surface area contributed by atoms with Crippen molar-refractivity contribution >= 4 is 17.6 Å². The molecule has 1 aromatic rings. The summed E-state index contributed by atoms with van der Waals surface area (Å²) >= 11 is 0. The van der Waals surface area contributed by atoms with E-state index in [1.807, 2.05) is 20.8 Å². The van der Waals surface area contributed by atoms with Crippen molar-refractivity contribution in [2.45, 2.75) is 20.8 Å². The Morgan fingerprint density at radius 3 is 2.50 bits per heavy atom. The maximum Gasteiger partial charge on any atom is 0.271 e. The first-order valence-corrected chi connectivity index (χ1v) is 6.65. The Bertz CT molecular complexity index is 445. The highest BCUT2D eigenvalue weighted by Gasteiger charge is 2.07. The summed E-state index contributed by atoms with van der Waals surface area (Å²) in [7, 11) is 0. The quantitative estimate of drug-likeness (QED) is 0.672. The average Bonchev–Trinajstić information content (AvgIpc) is 2.43. The average molecular weight is 279 g/mol. The number of hydrogen-bond acceptors (Lipinski definition) is 5. The lowest BCUT2D eigenvalue weighted by Crippen LogP contribution is -2.32. The lowest BCUT2D eigenvalue weighted by molar-refractivity contribution is -0.119. The number of carbonyl (C=O) groups is 2. The zero-order chi connectivity index (χ0) is 15.0. The van der Waals surface area contributed by atoms with Gasteiger partial charge < -0.3 is 16.0 Å². The summed E-state index contributed by atoms with van der Waals surface area (Å²) in [6.45, 7) is 7.19. The normalized spacial score (nSPS) is 10.2. The van der Waals surface area contributed by atoms with Gasteiger partial charge in [0.1, 0.15) is 5.82 Å². The largest absolute Gasteiger partial charge is 0.360 e. The second-order valence-electron chi connectivity index (χ2n) is 4.71. The van der Waals surface area contributed by atoms with Crippen LogP contribution in [0, 0.1) is 5.92 Å². The third-order valence-electron chi connectivity index (χ3n) is 2.37. The fraction of sp³-hybridized carbons (Fsp3) is 0.538. The summed E-state index contributed by atoms with van der Waals surface area (Å²) in [6.07, 6.45) is 0. The second-order valence-corrected chi connectivity index (χ2v) is 4.71. The SMILES string of the molecule is CCNC(=O)c1ccc(NCC(=O)NCC(C)C)nn1. The monoisotopic (exact) mass is 279 g/mol. The highest BCUT2D eigenvalue weighted by molar-refractivity contribution is 5.92. The zero-order valence-corrected chi connectivity index (χ0v) is 12.1. The summed E-state index contributed by atoms with van der Waals surface area (Å²) in [5.74, 6) is 0.502. The van der Waals surface area contributed by atoms with Gasteiger partial charge in [0.05, 0.1) is 6.54 Å². The van der Waals surface area contributed by atoms with Crippen LogP contribution >= 0.6 is 0 Å². The molecule has 0 bridgehead atoms. The summed E-state index contributed by atoms with van der Waals surface area (Å²) in [4.78, 5) is 23.0. The van der Waals surface area contributed by atoms with Crippen molar-refractivity contribution < 1.29 is 9.59 Å². The lowest BCUT2D eigenvalue weighted by Gasteiger charge is -2.08. The molecule has 0 unspecified atom stereocenters. The molecule has 0 radical (unpaired) electrons.